The molecule has 618 valence electrons. The fourth-order valence-electron chi connectivity index (χ4n) is 13.5. The average molecular weight is 1740 g/mol. The van der Waals surface area contributed by atoms with E-state index in [-0.39, 0.29) is 55.7 Å². The summed E-state index contributed by atoms with van der Waals surface area (Å²) in [6, 6.07) is 44.3. The lowest BCUT2D eigenvalue weighted by atomic mass is 10.1. The molecule has 6 aromatic carbocycles. The first-order valence-corrected chi connectivity index (χ1v) is 42.7. The first-order chi connectivity index (χ1) is 59.9. The summed E-state index contributed by atoms with van der Waals surface area (Å²) in [6.45, 7) is 11.9. The molecule has 0 bridgehead atoms. The number of rotatable bonds is 16. The van der Waals surface area contributed by atoms with E-state index in [1.165, 1.54) is 31.9 Å². The van der Waals surface area contributed by atoms with Crippen molar-refractivity contribution < 1.29 is 52.7 Å². The molecular weight excluding hydrogens is 1660 g/mol. The maximum Gasteiger partial charge on any atom is 0.290 e. The van der Waals surface area contributed by atoms with Gasteiger partial charge in [0.25, 0.3) is 55.7 Å². The SMILES string of the molecule is CCN(CC)c1ncnc2ccc(C=C3SC(=O)NC3=O)cc12.O=C1NC(=O)C(=Cc2ccc3ncnc(N4CCCCC4)c3c2)S1.O=C1NC(=O)C(=Cc2ccc3ncnc(N4CCOCC4)c3c2)S1.O=C1NC(=O)C(=Cc2ccc3ncnc(NCc4ccccc4)c3c2)S1.O=C1NC(=O)C(=Cc2ccc3ncnc(NCc4ccccn4)c3c2)S1. The molecule has 0 spiro atoms. The van der Waals surface area contributed by atoms with Gasteiger partial charge in [-0.3, -0.25) is 79.5 Å². The summed E-state index contributed by atoms with van der Waals surface area (Å²) in [7, 11) is 0. The van der Waals surface area contributed by atoms with Gasteiger partial charge in [0.1, 0.15) is 60.7 Å². The topological polar surface area (TPSA) is 416 Å². The maximum atomic E-state index is 11.7. The monoisotopic (exact) mass is 1740 g/mol. The quantitative estimate of drug-likeness (QED) is 0.0442. The standard InChI is InChI=1S/C19H14N4O2S.C18H13N5O2S.C17H16N4O2S.C16H14N4O3S.C16H16N4O2S/c24-18-16(26-19(25)23-18)9-13-6-7-15-14(8-13)17(22-11-21-15)20-10-12-4-2-1-3-5-12;24-17-15(26-18(25)23-17)8-11-4-5-14-13(7-11)16(22-10-21-14)20-9-12-3-1-2-6-19-12;22-16-14(24-17(23)20-16)9-11-4-5-13-12(8-11)15(19-10-18-13)21-6-2-1-3-7-21;21-15-13(24-16(22)19-15)8-10-1-2-12-11(7-10)14(18-9-17-12)20-3-5-23-6-4-20;1-3-20(4-2)14-11-7-10(5-6-12(11)17-9-18-14)8-13-15(21)19-16(22)23-13/h1-9,11H,10H2,(H,20,21,22)(H,23,24,25);1-8,10H,9H2,(H,20,21,22)(H,23,24,25);4-5,8-10H,1-3,6-7H2,(H,20,22,23);1-2,7-9H,3-6H2,(H,19,21,22);5-9H,3-4H2,1-2H3,(H,19,21,22). The van der Waals surface area contributed by atoms with Gasteiger partial charge in [-0.2, -0.15) is 0 Å². The van der Waals surface area contributed by atoms with Crippen LogP contribution in [0, 0.1) is 0 Å². The van der Waals surface area contributed by atoms with E-state index in [1.807, 2.05) is 140 Å². The molecule has 32 nitrogen and oxygen atoms in total. The molecule has 7 aliphatic heterocycles. The van der Waals surface area contributed by atoms with Crippen LogP contribution >= 0.6 is 58.8 Å². The van der Waals surface area contributed by atoms with Gasteiger partial charge in [-0.15, -0.1) is 0 Å². The van der Waals surface area contributed by atoms with Crippen LogP contribution in [-0.4, -0.2) is 163 Å². The molecule has 123 heavy (non-hydrogen) atoms. The number of piperidine rings is 1. The van der Waals surface area contributed by atoms with Crippen LogP contribution in [0.4, 0.5) is 53.1 Å². The van der Waals surface area contributed by atoms with Gasteiger partial charge >= 0.3 is 0 Å². The highest BCUT2D eigenvalue weighted by molar-refractivity contribution is 8.19. The average Bonchev–Trinajstić information content (AvgIpc) is 1.29. The number of thioether (sulfide) groups is 5. The highest BCUT2D eigenvalue weighted by atomic mass is 32.2. The summed E-state index contributed by atoms with van der Waals surface area (Å²) in [4.78, 5) is 171. The van der Waals surface area contributed by atoms with Crippen molar-refractivity contribution in [2.24, 2.45) is 0 Å². The minimum atomic E-state index is -0.377. The van der Waals surface area contributed by atoms with Gasteiger partial charge in [-0.05, 0) is 228 Å². The number of ether oxygens (including phenoxy) is 1. The summed E-state index contributed by atoms with van der Waals surface area (Å²) < 4.78 is 5.39. The van der Waals surface area contributed by atoms with Crippen molar-refractivity contribution in [2.45, 2.75) is 46.2 Å². The predicted molar refractivity (Wildman–Crippen MR) is 481 cm³/mol. The summed E-state index contributed by atoms with van der Waals surface area (Å²) in [5, 5.41) is 20.7. The van der Waals surface area contributed by atoms with Crippen molar-refractivity contribution in [3.05, 3.63) is 241 Å². The third-order valence-corrected chi connectivity index (χ3v) is 23.5. The summed E-state index contributed by atoms with van der Waals surface area (Å²) in [5.74, 6) is 2.29. The van der Waals surface area contributed by atoms with E-state index in [1.54, 1.807) is 55.6 Å². The van der Waals surface area contributed by atoms with Crippen LogP contribution in [0.1, 0.15) is 72.2 Å². The van der Waals surface area contributed by atoms with E-state index in [2.05, 4.69) is 121 Å². The van der Waals surface area contributed by atoms with Gasteiger partial charge in [0.15, 0.2) is 0 Å². The van der Waals surface area contributed by atoms with E-state index >= 15 is 0 Å². The van der Waals surface area contributed by atoms with Crippen LogP contribution in [0.25, 0.3) is 84.9 Å². The second kappa shape index (κ2) is 39.7. The van der Waals surface area contributed by atoms with Crippen LogP contribution in [-0.2, 0) is 41.8 Å². The molecule has 19 rings (SSSR count). The van der Waals surface area contributed by atoms with Crippen molar-refractivity contribution in [3.63, 3.8) is 0 Å². The molecule has 7 aliphatic rings. The molecule has 0 saturated carbocycles. The number of fused-ring (bicyclic) bond motifs is 5. The third-order valence-electron chi connectivity index (χ3n) is 19.4. The molecule has 0 aliphatic carbocycles. The summed E-state index contributed by atoms with van der Waals surface area (Å²) in [6.07, 6.45) is 21.6. The molecular formula is C86H73N21O11S5. The lowest BCUT2D eigenvalue weighted by Gasteiger charge is -2.28. The van der Waals surface area contributed by atoms with Gasteiger partial charge in [0, 0.05) is 78.9 Å². The van der Waals surface area contributed by atoms with Gasteiger partial charge in [-0.1, -0.05) is 66.7 Å². The molecule has 37 heteroatoms. The van der Waals surface area contributed by atoms with E-state index in [0.717, 1.165) is 215 Å². The number of benzene rings is 6. The number of nitrogens with one attached hydrogen (secondary N) is 7. The Balaban J connectivity index is 0.000000119. The molecule has 13 heterocycles. The van der Waals surface area contributed by atoms with Gasteiger partial charge in [0.05, 0.1) is 77.6 Å². The van der Waals surface area contributed by atoms with Crippen molar-refractivity contribution in [2.75, 3.05) is 77.8 Å². The van der Waals surface area contributed by atoms with Crippen LogP contribution in [0.2, 0.25) is 0 Å². The van der Waals surface area contributed by atoms with Crippen LogP contribution in [0.5, 0.6) is 0 Å². The molecule has 6 aromatic heterocycles. The van der Waals surface area contributed by atoms with Crippen LogP contribution in [0.3, 0.4) is 0 Å². The zero-order valence-corrected chi connectivity index (χ0v) is 69.7. The van der Waals surface area contributed by atoms with E-state index in [0.29, 0.717) is 56.6 Å². The predicted octanol–water partition coefficient (Wildman–Crippen LogP) is 14.1. The fraction of sp³-hybridized carbons (Fsp3) is 0.174. The first kappa shape index (κ1) is 84.3. The number of aromatic nitrogens is 11. The van der Waals surface area contributed by atoms with Crippen LogP contribution in [0.15, 0.2) is 202 Å². The lowest BCUT2D eigenvalue weighted by molar-refractivity contribution is -0.116. The number of amides is 10. The zero-order valence-electron chi connectivity index (χ0n) is 65.6. The number of carbonyl (C=O) groups excluding carboxylic acids is 10. The Bertz CT molecular complexity index is 6060. The number of hydrogen-bond donors (Lipinski definition) is 7. The zero-order chi connectivity index (χ0) is 85.3. The number of anilines is 5. The highest BCUT2D eigenvalue weighted by Gasteiger charge is 2.30. The lowest BCUT2D eigenvalue weighted by Crippen LogP contribution is -2.36. The molecule has 0 atom stereocenters. The highest BCUT2D eigenvalue weighted by Crippen LogP contribution is 2.36. The minimum absolute atomic E-state index is 0.329. The Labute approximate surface area is 722 Å². The number of nitrogens with zero attached hydrogens (tertiary/aromatic N) is 14. The molecule has 7 saturated heterocycles. The molecule has 10 amide bonds. The number of pyridine rings is 1. The Hall–Kier alpha value is -13.7. The number of morpholine rings is 1. The smallest absolute Gasteiger partial charge is 0.290 e. The molecule has 0 unspecified atom stereocenters. The van der Waals surface area contributed by atoms with Gasteiger partial charge in [0.2, 0.25) is 0 Å². The van der Waals surface area contributed by atoms with Crippen molar-refractivity contribution >= 4 is 229 Å². The normalized spacial score (nSPS) is 17.4. The summed E-state index contributed by atoms with van der Waals surface area (Å²) >= 11 is 4.54. The van der Waals surface area contributed by atoms with E-state index < -0.39 is 0 Å². The molecule has 12 aromatic rings. The molecule has 7 N–H and O–H groups in total. The van der Waals surface area contributed by atoms with Gasteiger partial charge < -0.3 is 30.1 Å². The van der Waals surface area contributed by atoms with Crippen molar-refractivity contribution in [3.8, 4) is 0 Å². The Morgan fingerprint density at radius 3 is 1.10 bits per heavy atom. The second-order valence-corrected chi connectivity index (χ2v) is 32.6. The van der Waals surface area contributed by atoms with Crippen molar-refractivity contribution in [1.82, 2.24) is 81.4 Å². The third kappa shape index (κ3) is 21.4. The molecule has 7 fully saturated rings. The number of imide groups is 5. The minimum Gasteiger partial charge on any atom is -0.378 e. The van der Waals surface area contributed by atoms with Crippen LogP contribution < -0.4 is 51.9 Å². The molecule has 0 radical (unpaired) electrons. The van der Waals surface area contributed by atoms with Gasteiger partial charge in [-0.25, -0.2) is 49.8 Å². The Morgan fingerprint density at radius 2 is 0.715 bits per heavy atom. The Kier molecular flexibility index (Phi) is 27.2. The van der Waals surface area contributed by atoms with E-state index in [9.17, 15) is 47.9 Å². The summed E-state index contributed by atoms with van der Waals surface area (Å²) in [5.41, 5.74) is 10.3. The first-order valence-electron chi connectivity index (χ1n) is 38.6. The van der Waals surface area contributed by atoms with Crippen molar-refractivity contribution in [1.29, 1.82) is 0 Å². The maximum absolute atomic E-state index is 11.7. The second-order valence-electron chi connectivity index (χ2n) is 27.5. The largest absolute Gasteiger partial charge is 0.378 e. The van der Waals surface area contributed by atoms with E-state index in [4.69, 9.17) is 4.74 Å². The number of hydrogen-bond acceptors (Lipinski definition) is 32. The Morgan fingerprint density at radius 1 is 0.366 bits per heavy atom. The fourth-order valence-corrected chi connectivity index (χ4v) is 17.0. The number of carbonyl (C=O) groups is 10.